The summed E-state index contributed by atoms with van der Waals surface area (Å²) in [5, 5.41) is 0. The van der Waals surface area contributed by atoms with Crippen molar-refractivity contribution >= 4 is 11.9 Å². The van der Waals surface area contributed by atoms with E-state index in [4.69, 9.17) is 4.74 Å². The topological polar surface area (TPSA) is 46.6 Å². The minimum atomic E-state index is -0.446. The molecule has 17 heavy (non-hydrogen) atoms. The monoisotopic (exact) mass is 239 g/mol. The van der Waals surface area contributed by atoms with Crippen molar-refractivity contribution in [2.45, 2.75) is 52.1 Å². The summed E-state index contributed by atoms with van der Waals surface area (Å²) in [6.45, 7) is 7.03. The Kier molecular flexibility index (Phi) is 2.92. The minimum Gasteiger partial charge on any atom is -0.444 e. The summed E-state index contributed by atoms with van der Waals surface area (Å²) in [7, 11) is 0. The third-order valence-electron chi connectivity index (χ3n) is 3.60. The number of hydrogen-bond acceptors (Lipinski definition) is 3. The molecule has 2 fully saturated rings. The standard InChI is InChI=1S/C13H21NO3/c1-12(2,3)17-11(16)14-7-6-13(9-14)5-4-10(15)8-13/h4-9H2,1-3H3/t13-/m0/s1. The first kappa shape index (κ1) is 12.4. The Labute approximate surface area is 102 Å². The Morgan fingerprint density at radius 3 is 2.59 bits per heavy atom. The van der Waals surface area contributed by atoms with E-state index in [1.807, 2.05) is 20.8 Å². The molecule has 4 heteroatoms. The molecule has 0 aromatic heterocycles. The number of ether oxygens (including phenoxy) is 1. The van der Waals surface area contributed by atoms with Crippen LogP contribution in [-0.2, 0) is 9.53 Å². The number of carbonyl (C=O) groups is 2. The number of likely N-dealkylation sites (tertiary alicyclic amines) is 1. The molecule has 1 saturated carbocycles. The van der Waals surface area contributed by atoms with E-state index >= 15 is 0 Å². The van der Waals surface area contributed by atoms with E-state index in [0.717, 1.165) is 19.4 Å². The molecule has 1 spiro atoms. The van der Waals surface area contributed by atoms with E-state index in [1.54, 1.807) is 4.90 Å². The van der Waals surface area contributed by atoms with Gasteiger partial charge in [0.2, 0.25) is 0 Å². The van der Waals surface area contributed by atoms with Gasteiger partial charge in [-0.3, -0.25) is 4.79 Å². The average molecular weight is 239 g/mol. The van der Waals surface area contributed by atoms with E-state index < -0.39 is 5.60 Å². The van der Waals surface area contributed by atoms with Gasteiger partial charge < -0.3 is 9.64 Å². The number of carbonyl (C=O) groups excluding carboxylic acids is 2. The van der Waals surface area contributed by atoms with Crippen LogP contribution in [0, 0.1) is 5.41 Å². The van der Waals surface area contributed by atoms with Crippen molar-refractivity contribution in [1.29, 1.82) is 0 Å². The van der Waals surface area contributed by atoms with Gasteiger partial charge in [0.05, 0.1) is 0 Å². The maximum Gasteiger partial charge on any atom is 0.410 e. The highest BCUT2D eigenvalue weighted by atomic mass is 16.6. The molecule has 0 unspecified atom stereocenters. The maximum atomic E-state index is 11.9. The van der Waals surface area contributed by atoms with Crippen LogP contribution in [0.25, 0.3) is 0 Å². The predicted molar refractivity (Wildman–Crippen MR) is 63.7 cm³/mol. The van der Waals surface area contributed by atoms with Crippen molar-refractivity contribution in [3.05, 3.63) is 0 Å². The molecule has 1 amide bonds. The third-order valence-corrected chi connectivity index (χ3v) is 3.60. The summed E-state index contributed by atoms with van der Waals surface area (Å²) < 4.78 is 5.35. The van der Waals surface area contributed by atoms with Crippen LogP contribution in [0.5, 0.6) is 0 Å². The highest BCUT2D eigenvalue weighted by Crippen LogP contribution is 2.43. The van der Waals surface area contributed by atoms with Crippen LogP contribution in [0.2, 0.25) is 0 Å². The number of rotatable bonds is 0. The summed E-state index contributed by atoms with van der Waals surface area (Å²) in [5.74, 6) is 0.344. The van der Waals surface area contributed by atoms with Gasteiger partial charge in [0.25, 0.3) is 0 Å². The van der Waals surface area contributed by atoms with Crippen molar-refractivity contribution in [3.8, 4) is 0 Å². The fraction of sp³-hybridized carbons (Fsp3) is 0.846. The van der Waals surface area contributed by atoms with Crippen molar-refractivity contribution < 1.29 is 14.3 Å². The predicted octanol–water partition coefficient (Wildman–Crippen LogP) is 2.37. The lowest BCUT2D eigenvalue weighted by molar-refractivity contribution is -0.118. The summed E-state index contributed by atoms with van der Waals surface area (Å²) in [5.41, 5.74) is -0.383. The van der Waals surface area contributed by atoms with Gasteiger partial charge in [0, 0.05) is 25.9 Å². The van der Waals surface area contributed by atoms with Gasteiger partial charge in [0.1, 0.15) is 11.4 Å². The average Bonchev–Trinajstić information content (AvgIpc) is 2.72. The lowest BCUT2D eigenvalue weighted by atomic mass is 9.86. The van der Waals surface area contributed by atoms with Gasteiger partial charge in [0.15, 0.2) is 0 Å². The first-order chi connectivity index (χ1) is 7.80. The molecule has 0 aromatic carbocycles. The lowest BCUT2D eigenvalue weighted by Crippen LogP contribution is -2.36. The van der Waals surface area contributed by atoms with E-state index in [1.165, 1.54) is 0 Å². The highest BCUT2D eigenvalue weighted by Gasteiger charge is 2.45. The number of nitrogens with zero attached hydrogens (tertiary/aromatic N) is 1. The summed E-state index contributed by atoms with van der Waals surface area (Å²) in [4.78, 5) is 25.0. The Bertz CT molecular complexity index is 345. The van der Waals surface area contributed by atoms with Crippen LogP contribution in [0.3, 0.4) is 0 Å². The molecular formula is C13H21NO3. The van der Waals surface area contributed by atoms with Crippen molar-refractivity contribution in [3.63, 3.8) is 0 Å². The van der Waals surface area contributed by atoms with Gasteiger partial charge in [-0.2, -0.15) is 0 Å². The second-order valence-corrected chi connectivity index (χ2v) is 6.37. The largest absolute Gasteiger partial charge is 0.444 e. The van der Waals surface area contributed by atoms with Crippen LogP contribution < -0.4 is 0 Å². The number of amides is 1. The van der Waals surface area contributed by atoms with E-state index in [0.29, 0.717) is 25.2 Å². The summed E-state index contributed by atoms with van der Waals surface area (Å²) in [6.07, 6.45) is 2.96. The van der Waals surface area contributed by atoms with Gasteiger partial charge in [-0.05, 0) is 39.0 Å². The molecule has 4 nitrogen and oxygen atoms in total. The van der Waals surface area contributed by atoms with Crippen molar-refractivity contribution in [1.82, 2.24) is 4.90 Å². The Balaban J connectivity index is 1.94. The third kappa shape index (κ3) is 2.79. The smallest absolute Gasteiger partial charge is 0.410 e. The highest BCUT2D eigenvalue weighted by molar-refractivity contribution is 5.82. The second kappa shape index (κ2) is 4.00. The molecule has 1 aliphatic heterocycles. The zero-order chi connectivity index (χ0) is 12.7. The van der Waals surface area contributed by atoms with Crippen LogP contribution >= 0.6 is 0 Å². The van der Waals surface area contributed by atoms with Crippen LogP contribution in [0.15, 0.2) is 0 Å². The molecular weight excluding hydrogens is 218 g/mol. The van der Waals surface area contributed by atoms with Crippen LogP contribution in [-0.4, -0.2) is 35.5 Å². The molecule has 0 radical (unpaired) electrons. The lowest BCUT2D eigenvalue weighted by Gasteiger charge is -2.26. The number of hydrogen-bond donors (Lipinski definition) is 0. The first-order valence-electron chi connectivity index (χ1n) is 6.29. The number of ketones is 1. The molecule has 96 valence electrons. The first-order valence-corrected chi connectivity index (χ1v) is 6.29. The molecule has 1 heterocycles. The van der Waals surface area contributed by atoms with Crippen LogP contribution in [0.1, 0.15) is 46.5 Å². The molecule has 0 bridgehead atoms. The fourth-order valence-corrected chi connectivity index (χ4v) is 2.77. The maximum absolute atomic E-state index is 11.9. The van der Waals surface area contributed by atoms with Crippen LogP contribution in [0.4, 0.5) is 4.79 Å². The molecule has 1 aliphatic carbocycles. The van der Waals surface area contributed by atoms with Crippen molar-refractivity contribution in [2.75, 3.05) is 13.1 Å². The van der Waals surface area contributed by atoms with Gasteiger partial charge >= 0.3 is 6.09 Å². The van der Waals surface area contributed by atoms with E-state index in [9.17, 15) is 9.59 Å². The summed E-state index contributed by atoms with van der Waals surface area (Å²) >= 11 is 0. The molecule has 2 rings (SSSR count). The fourth-order valence-electron chi connectivity index (χ4n) is 2.77. The quantitative estimate of drug-likeness (QED) is 0.652. The molecule has 0 N–H and O–H groups in total. The zero-order valence-corrected chi connectivity index (χ0v) is 10.9. The number of Topliss-reactive ketones (excluding diaryl/α,β-unsaturated/α-hetero) is 1. The molecule has 0 aromatic rings. The van der Waals surface area contributed by atoms with Gasteiger partial charge in [-0.1, -0.05) is 0 Å². The molecule has 1 saturated heterocycles. The molecule has 2 aliphatic rings. The summed E-state index contributed by atoms with van der Waals surface area (Å²) in [6, 6.07) is 0. The van der Waals surface area contributed by atoms with Gasteiger partial charge in [-0.15, -0.1) is 0 Å². The normalized spacial score (nSPS) is 29.1. The van der Waals surface area contributed by atoms with E-state index in [-0.39, 0.29) is 11.5 Å². The van der Waals surface area contributed by atoms with Crippen molar-refractivity contribution in [2.24, 2.45) is 5.41 Å². The SMILES string of the molecule is CC(C)(C)OC(=O)N1CC[C@]2(CCC(=O)C2)C1. The Morgan fingerprint density at radius 1 is 1.35 bits per heavy atom. The molecule has 1 atom stereocenters. The zero-order valence-electron chi connectivity index (χ0n) is 10.9. The Morgan fingerprint density at radius 2 is 2.06 bits per heavy atom. The second-order valence-electron chi connectivity index (χ2n) is 6.37. The Hall–Kier alpha value is -1.06. The van der Waals surface area contributed by atoms with E-state index in [2.05, 4.69) is 0 Å². The van der Waals surface area contributed by atoms with Gasteiger partial charge in [-0.25, -0.2) is 4.79 Å². The minimum absolute atomic E-state index is 0.0635.